The minimum absolute atomic E-state index is 0.0766. The van der Waals surface area contributed by atoms with Gasteiger partial charge in [-0.1, -0.05) is 39.8 Å². The highest BCUT2D eigenvalue weighted by molar-refractivity contribution is 7.80. The van der Waals surface area contributed by atoms with Crippen LogP contribution >= 0.6 is 0 Å². The number of aliphatic hydroxyl groups excluding tert-OH is 5. The summed E-state index contributed by atoms with van der Waals surface area (Å²) in [5.41, 5.74) is -1.24. The Balaban J connectivity index is 1.18. The molecule has 0 aromatic rings. The van der Waals surface area contributed by atoms with Crippen LogP contribution < -0.4 is 0 Å². The fourth-order valence-electron chi connectivity index (χ4n) is 11.2. The first-order chi connectivity index (χ1) is 22.3. The van der Waals surface area contributed by atoms with Gasteiger partial charge in [0.1, 0.15) is 18.3 Å². The van der Waals surface area contributed by atoms with Crippen molar-refractivity contribution in [3.8, 4) is 0 Å². The van der Waals surface area contributed by atoms with Crippen molar-refractivity contribution < 1.29 is 62.0 Å². The Kier molecular flexibility index (Phi) is 11.2. The molecule has 0 spiro atoms. The van der Waals surface area contributed by atoms with Crippen LogP contribution in [0.25, 0.3) is 0 Å². The summed E-state index contributed by atoms with van der Waals surface area (Å²) in [6, 6.07) is 0. The Hall–Kier alpha value is -0.750. The van der Waals surface area contributed by atoms with Crippen molar-refractivity contribution in [1.82, 2.24) is 0 Å². The molecule has 5 rings (SSSR count). The van der Waals surface area contributed by atoms with E-state index in [-0.39, 0.29) is 48.7 Å². The minimum atomic E-state index is -4.77. The number of aliphatic hydroxyl groups is 6. The summed E-state index contributed by atoms with van der Waals surface area (Å²) in [5.74, 6) is -0.895. The van der Waals surface area contributed by atoms with Crippen LogP contribution in [0, 0.1) is 46.3 Å². The monoisotopic (exact) mass is 706 g/mol. The second-order valence-electron chi connectivity index (χ2n) is 16.2. The number of fused-ring (bicyclic) bond motifs is 5. The molecule has 7 N–H and O–H groups in total. The van der Waals surface area contributed by atoms with Gasteiger partial charge in [0.2, 0.25) is 0 Å². The Bertz CT molecular complexity index is 1270. The Morgan fingerprint density at radius 3 is 2.31 bits per heavy atom. The first kappa shape index (κ1) is 38.5. The lowest BCUT2D eigenvalue weighted by Gasteiger charge is -2.66. The number of ether oxygens (including phenoxy) is 3. The summed E-state index contributed by atoms with van der Waals surface area (Å²) in [4.78, 5) is 0. The first-order valence-electron chi connectivity index (χ1n) is 17.5. The maximum Gasteiger partial charge on any atom is 0.397 e. The molecule has 11 unspecified atom stereocenters. The maximum absolute atomic E-state index is 12.5. The quantitative estimate of drug-likeness (QED) is 0.120. The molecule has 5 fully saturated rings. The van der Waals surface area contributed by atoms with E-state index in [0.717, 1.165) is 24.8 Å². The molecule has 5 aliphatic rings. The lowest BCUT2D eigenvalue weighted by molar-refractivity contribution is -0.280. The van der Waals surface area contributed by atoms with Crippen LogP contribution in [0.15, 0.2) is 12.2 Å². The second-order valence-corrected chi connectivity index (χ2v) is 17.3. The molecule has 0 amide bonds. The van der Waals surface area contributed by atoms with E-state index < -0.39 is 82.3 Å². The zero-order valence-corrected chi connectivity index (χ0v) is 29.7. The van der Waals surface area contributed by atoms with Gasteiger partial charge in [-0.05, 0) is 73.5 Å². The van der Waals surface area contributed by atoms with Gasteiger partial charge >= 0.3 is 10.4 Å². The summed E-state index contributed by atoms with van der Waals surface area (Å²) in [5, 5.41) is 67.4. The highest BCUT2D eigenvalue weighted by Crippen LogP contribution is 2.69. The van der Waals surface area contributed by atoms with Gasteiger partial charge in [-0.15, -0.1) is 0 Å². The molecule has 0 aromatic carbocycles. The number of hydrogen-bond acceptors (Lipinski definition) is 12. The predicted octanol–water partition coefficient (Wildman–Crippen LogP) is 1.58. The number of methoxy groups -OCH3 is 1. The van der Waals surface area contributed by atoms with Crippen molar-refractivity contribution in [1.29, 1.82) is 0 Å². The first-order valence-corrected chi connectivity index (χ1v) is 18.9. The molecule has 1 saturated heterocycles. The molecule has 0 bridgehead atoms. The lowest BCUT2D eigenvalue weighted by Crippen LogP contribution is -2.70. The Morgan fingerprint density at radius 1 is 1.00 bits per heavy atom. The van der Waals surface area contributed by atoms with Crippen molar-refractivity contribution in [3.63, 3.8) is 0 Å². The standard InChI is InChI=1S/C34H58O13S/c1-17(19(3)15-45-31-28(39)29(44-6)24(16-46-31)47-48(41,42)43)7-8-18(2)20-13-22(36)30-32(20,4)12-10-25-33(5)11-9-21(35)27(38)26(33)23(37)14-34(25,30)40/h18-31,35-40H,1,7-16H2,2-6H3,(H,41,42,43)/t18?,19?,20-,21+,22?,23?,24?,25?,26?,27+,28?,29?,30?,31?,32-,33-,34+/m1/s1. The van der Waals surface area contributed by atoms with E-state index in [0.29, 0.717) is 25.7 Å². The fraction of sp³-hybridized carbons (Fsp3) is 0.941. The van der Waals surface area contributed by atoms with E-state index in [1.807, 2.05) is 13.8 Å². The summed E-state index contributed by atoms with van der Waals surface area (Å²) >= 11 is 0. The third-order valence-electron chi connectivity index (χ3n) is 13.5. The van der Waals surface area contributed by atoms with Gasteiger partial charge in [0.05, 0.1) is 43.2 Å². The van der Waals surface area contributed by atoms with Crippen LogP contribution in [0.2, 0.25) is 0 Å². The third-order valence-corrected chi connectivity index (χ3v) is 14.0. The fourth-order valence-corrected chi connectivity index (χ4v) is 11.6. The van der Waals surface area contributed by atoms with Crippen LogP contribution in [0.5, 0.6) is 0 Å². The largest absolute Gasteiger partial charge is 0.397 e. The number of rotatable bonds is 11. The van der Waals surface area contributed by atoms with E-state index in [1.165, 1.54) is 7.11 Å². The maximum atomic E-state index is 12.5. The lowest BCUT2D eigenvalue weighted by atomic mass is 9.41. The molecule has 278 valence electrons. The van der Waals surface area contributed by atoms with Crippen molar-refractivity contribution in [3.05, 3.63) is 12.2 Å². The average molecular weight is 707 g/mol. The molecule has 0 radical (unpaired) electrons. The van der Waals surface area contributed by atoms with Gasteiger partial charge in [0, 0.05) is 31.3 Å². The normalized spacial score (nSPS) is 49.0. The molecule has 13 nitrogen and oxygen atoms in total. The topological polar surface area (TPSA) is 213 Å². The zero-order chi connectivity index (χ0) is 35.6. The Morgan fingerprint density at radius 2 is 1.67 bits per heavy atom. The molecule has 17 atom stereocenters. The third kappa shape index (κ3) is 6.79. The van der Waals surface area contributed by atoms with Gasteiger partial charge in [0.15, 0.2) is 6.29 Å². The van der Waals surface area contributed by atoms with Crippen molar-refractivity contribution >= 4 is 10.4 Å². The van der Waals surface area contributed by atoms with Gasteiger partial charge in [0.25, 0.3) is 0 Å². The van der Waals surface area contributed by atoms with E-state index in [2.05, 4.69) is 24.6 Å². The molecular formula is C34H58O13S. The predicted molar refractivity (Wildman–Crippen MR) is 172 cm³/mol. The van der Waals surface area contributed by atoms with Crippen LogP contribution in [0.1, 0.15) is 79.1 Å². The molecular weight excluding hydrogens is 648 g/mol. The summed E-state index contributed by atoms with van der Waals surface area (Å²) in [6.45, 7) is 12.6. The van der Waals surface area contributed by atoms with Gasteiger partial charge in [-0.3, -0.25) is 4.55 Å². The smallest absolute Gasteiger partial charge is 0.393 e. The van der Waals surface area contributed by atoms with Gasteiger partial charge in [-0.25, -0.2) is 4.18 Å². The SMILES string of the molecule is C=C(CCC(C)[C@H]1CC(O)C2[C@]3(O)CC(O)C4[C@@H](O)[C@@H](O)CC[C@]4(C)C3CC[C@@]21C)C(C)COC1OCC(OS(=O)(=O)O)C(OC)C1O. The van der Waals surface area contributed by atoms with E-state index >= 15 is 0 Å². The molecule has 1 heterocycles. The summed E-state index contributed by atoms with van der Waals surface area (Å²) in [6.07, 6.45) is -3.73. The number of hydrogen-bond donors (Lipinski definition) is 7. The average Bonchev–Trinajstić information content (AvgIpc) is 3.27. The van der Waals surface area contributed by atoms with E-state index in [9.17, 15) is 39.1 Å². The molecule has 48 heavy (non-hydrogen) atoms. The van der Waals surface area contributed by atoms with Crippen LogP contribution in [-0.4, -0.2) is 119 Å². The zero-order valence-electron chi connectivity index (χ0n) is 28.8. The summed E-state index contributed by atoms with van der Waals surface area (Å²) in [7, 11) is -3.49. The molecule has 0 aromatic heterocycles. The highest BCUT2D eigenvalue weighted by Gasteiger charge is 2.71. The second kappa shape index (κ2) is 14.0. The van der Waals surface area contributed by atoms with E-state index in [4.69, 9.17) is 18.8 Å². The van der Waals surface area contributed by atoms with Crippen LogP contribution in [-0.2, 0) is 28.8 Å². The van der Waals surface area contributed by atoms with Crippen molar-refractivity contribution in [2.75, 3.05) is 20.3 Å². The Labute approximate surface area is 284 Å². The van der Waals surface area contributed by atoms with Crippen molar-refractivity contribution in [2.45, 2.75) is 134 Å². The molecule has 14 heteroatoms. The van der Waals surface area contributed by atoms with Crippen LogP contribution in [0.3, 0.4) is 0 Å². The van der Waals surface area contributed by atoms with Gasteiger partial charge < -0.3 is 44.8 Å². The molecule has 4 aliphatic carbocycles. The van der Waals surface area contributed by atoms with Crippen LogP contribution in [0.4, 0.5) is 0 Å². The van der Waals surface area contributed by atoms with Crippen molar-refractivity contribution in [2.24, 2.45) is 46.3 Å². The van der Waals surface area contributed by atoms with Gasteiger partial charge in [-0.2, -0.15) is 8.42 Å². The molecule has 1 aliphatic heterocycles. The highest BCUT2D eigenvalue weighted by atomic mass is 32.3. The minimum Gasteiger partial charge on any atom is -0.393 e. The molecule has 4 saturated carbocycles. The summed E-state index contributed by atoms with van der Waals surface area (Å²) < 4.78 is 52.4. The van der Waals surface area contributed by atoms with E-state index in [1.54, 1.807) is 0 Å².